The number of hydrogen-bond donors (Lipinski definition) is 2. The molecule has 25 heavy (non-hydrogen) atoms. The molecule has 0 saturated carbocycles. The van der Waals surface area contributed by atoms with E-state index in [2.05, 4.69) is 22.5 Å². The van der Waals surface area contributed by atoms with E-state index in [1.165, 1.54) is 12.8 Å². The molecule has 5 heteroatoms. The van der Waals surface area contributed by atoms with Gasteiger partial charge in [0.05, 0.1) is 0 Å². The molecule has 2 amide bonds. The van der Waals surface area contributed by atoms with Gasteiger partial charge >= 0.3 is 0 Å². The van der Waals surface area contributed by atoms with Crippen molar-refractivity contribution in [3.8, 4) is 0 Å². The van der Waals surface area contributed by atoms with E-state index in [1.807, 2.05) is 20.8 Å². The fraction of sp³-hybridized carbons (Fsp3) is 0.600. The highest BCUT2D eigenvalue weighted by atomic mass is 16.2. The second-order valence-corrected chi connectivity index (χ2v) is 7.80. The Morgan fingerprint density at radius 1 is 1.20 bits per heavy atom. The lowest BCUT2D eigenvalue weighted by Gasteiger charge is -2.26. The minimum atomic E-state index is -0.470. The van der Waals surface area contributed by atoms with Crippen LogP contribution in [-0.4, -0.2) is 42.4 Å². The van der Waals surface area contributed by atoms with Crippen LogP contribution in [0.2, 0.25) is 0 Å². The van der Waals surface area contributed by atoms with E-state index in [0.29, 0.717) is 23.8 Å². The summed E-state index contributed by atoms with van der Waals surface area (Å²) < 4.78 is 0. The van der Waals surface area contributed by atoms with Crippen LogP contribution in [0.3, 0.4) is 0 Å². The molecule has 2 rings (SSSR count). The van der Waals surface area contributed by atoms with Gasteiger partial charge in [0.25, 0.3) is 5.91 Å². The SMILES string of the molecule is CCC(CNC(=O)c1cccc(NC(=O)C(C)(C)C)c1)N1CCCC1. The van der Waals surface area contributed by atoms with Crippen molar-refractivity contribution in [2.24, 2.45) is 5.41 Å². The summed E-state index contributed by atoms with van der Waals surface area (Å²) in [4.78, 5) is 27.0. The number of carbonyl (C=O) groups is 2. The molecule has 1 fully saturated rings. The summed E-state index contributed by atoms with van der Waals surface area (Å²) >= 11 is 0. The van der Waals surface area contributed by atoms with Crippen LogP contribution in [0.1, 0.15) is 57.3 Å². The molecule has 0 aliphatic carbocycles. The Labute approximate surface area is 151 Å². The van der Waals surface area contributed by atoms with Crippen molar-refractivity contribution in [2.75, 3.05) is 25.0 Å². The molecule has 1 atom stereocenters. The molecule has 1 aliphatic rings. The van der Waals surface area contributed by atoms with Gasteiger partial charge in [0.15, 0.2) is 0 Å². The molecule has 1 unspecified atom stereocenters. The Kier molecular flexibility index (Phi) is 6.59. The Hall–Kier alpha value is -1.88. The molecule has 2 N–H and O–H groups in total. The van der Waals surface area contributed by atoms with Crippen LogP contribution in [0.15, 0.2) is 24.3 Å². The van der Waals surface area contributed by atoms with Gasteiger partial charge in [-0.1, -0.05) is 33.8 Å². The monoisotopic (exact) mass is 345 g/mol. The second-order valence-electron chi connectivity index (χ2n) is 7.80. The van der Waals surface area contributed by atoms with Crippen LogP contribution in [0.4, 0.5) is 5.69 Å². The fourth-order valence-electron chi connectivity index (χ4n) is 3.01. The van der Waals surface area contributed by atoms with Gasteiger partial charge in [0.1, 0.15) is 0 Å². The Balaban J connectivity index is 1.95. The summed E-state index contributed by atoms with van der Waals surface area (Å²) in [6, 6.07) is 7.51. The van der Waals surface area contributed by atoms with Gasteiger partial charge in [-0.2, -0.15) is 0 Å². The summed E-state index contributed by atoms with van der Waals surface area (Å²) in [6.45, 7) is 10.7. The molecule has 0 spiro atoms. The molecule has 1 aliphatic heterocycles. The van der Waals surface area contributed by atoms with Gasteiger partial charge in [-0.15, -0.1) is 0 Å². The number of anilines is 1. The molecule has 1 aromatic rings. The maximum Gasteiger partial charge on any atom is 0.251 e. The summed E-state index contributed by atoms with van der Waals surface area (Å²) in [6.07, 6.45) is 3.53. The molecule has 1 saturated heterocycles. The van der Waals surface area contributed by atoms with E-state index in [0.717, 1.165) is 19.5 Å². The molecular weight excluding hydrogens is 314 g/mol. The van der Waals surface area contributed by atoms with E-state index in [-0.39, 0.29) is 11.8 Å². The zero-order valence-corrected chi connectivity index (χ0v) is 15.9. The number of carbonyl (C=O) groups excluding carboxylic acids is 2. The number of hydrogen-bond acceptors (Lipinski definition) is 3. The Morgan fingerprint density at radius 2 is 1.88 bits per heavy atom. The third-order valence-corrected chi connectivity index (χ3v) is 4.69. The molecule has 0 aromatic heterocycles. The van der Waals surface area contributed by atoms with Crippen molar-refractivity contribution >= 4 is 17.5 Å². The Bertz CT molecular complexity index is 601. The van der Waals surface area contributed by atoms with Crippen molar-refractivity contribution < 1.29 is 9.59 Å². The molecule has 5 nitrogen and oxygen atoms in total. The summed E-state index contributed by atoms with van der Waals surface area (Å²) in [5.74, 6) is -0.158. The zero-order valence-electron chi connectivity index (χ0n) is 15.9. The number of rotatable bonds is 6. The average molecular weight is 345 g/mol. The average Bonchev–Trinajstić information content (AvgIpc) is 3.09. The first kappa shape index (κ1) is 19.4. The maximum atomic E-state index is 12.5. The molecule has 1 aromatic carbocycles. The third-order valence-electron chi connectivity index (χ3n) is 4.69. The van der Waals surface area contributed by atoms with Gasteiger partial charge < -0.3 is 10.6 Å². The lowest BCUT2D eigenvalue weighted by Crippen LogP contribution is -2.42. The van der Waals surface area contributed by atoms with Gasteiger partial charge in [0.2, 0.25) is 5.91 Å². The highest BCUT2D eigenvalue weighted by Crippen LogP contribution is 2.18. The van der Waals surface area contributed by atoms with Crippen LogP contribution in [0, 0.1) is 5.41 Å². The highest BCUT2D eigenvalue weighted by molar-refractivity contribution is 5.98. The predicted octanol–water partition coefficient (Wildman–Crippen LogP) is 3.28. The first-order valence-electron chi connectivity index (χ1n) is 9.25. The van der Waals surface area contributed by atoms with Crippen LogP contribution in [-0.2, 0) is 4.79 Å². The van der Waals surface area contributed by atoms with Gasteiger partial charge in [-0.25, -0.2) is 0 Å². The van der Waals surface area contributed by atoms with Crippen LogP contribution in [0.5, 0.6) is 0 Å². The first-order valence-corrected chi connectivity index (χ1v) is 9.25. The summed E-state index contributed by atoms with van der Waals surface area (Å²) in [5, 5.41) is 5.92. The van der Waals surface area contributed by atoms with Crippen molar-refractivity contribution in [3.05, 3.63) is 29.8 Å². The number of amides is 2. The molecule has 1 heterocycles. The number of nitrogens with one attached hydrogen (secondary N) is 2. The van der Waals surface area contributed by atoms with E-state index < -0.39 is 5.41 Å². The van der Waals surface area contributed by atoms with Crippen molar-refractivity contribution in [3.63, 3.8) is 0 Å². The molecular formula is C20H31N3O2. The van der Waals surface area contributed by atoms with Crippen molar-refractivity contribution in [1.82, 2.24) is 10.2 Å². The fourth-order valence-corrected chi connectivity index (χ4v) is 3.01. The van der Waals surface area contributed by atoms with E-state index in [4.69, 9.17) is 0 Å². The number of likely N-dealkylation sites (tertiary alicyclic amines) is 1. The summed E-state index contributed by atoms with van der Waals surface area (Å²) in [7, 11) is 0. The molecule has 138 valence electrons. The zero-order chi connectivity index (χ0) is 18.4. The van der Waals surface area contributed by atoms with Gasteiger partial charge in [-0.05, 0) is 50.6 Å². The van der Waals surface area contributed by atoms with Crippen LogP contribution >= 0.6 is 0 Å². The first-order chi connectivity index (χ1) is 11.8. The highest BCUT2D eigenvalue weighted by Gasteiger charge is 2.22. The number of benzene rings is 1. The topological polar surface area (TPSA) is 61.4 Å². The Morgan fingerprint density at radius 3 is 2.48 bits per heavy atom. The minimum absolute atomic E-state index is 0.0647. The van der Waals surface area contributed by atoms with E-state index >= 15 is 0 Å². The van der Waals surface area contributed by atoms with Crippen molar-refractivity contribution in [1.29, 1.82) is 0 Å². The molecule has 0 bridgehead atoms. The maximum absolute atomic E-state index is 12.5. The van der Waals surface area contributed by atoms with Crippen molar-refractivity contribution in [2.45, 2.75) is 53.0 Å². The van der Waals surface area contributed by atoms with E-state index in [1.54, 1.807) is 24.3 Å². The smallest absolute Gasteiger partial charge is 0.251 e. The minimum Gasteiger partial charge on any atom is -0.350 e. The van der Waals surface area contributed by atoms with Gasteiger partial charge in [0, 0.05) is 29.3 Å². The standard InChI is InChI=1S/C20H31N3O2/c1-5-17(23-11-6-7-12-23)14-21-18(24)15-9-8-10-16(13-15)22-19(25)20(2,3)4/h8-10,13,17H,5-7,11-12,14H2,1-4H3,(H,21,24)(H,22,25). The third kappa shape index (κ3) is 5.56. The lowest BCUT2D eigenvalue weighted by atomic mass is 9.95. The lowest BCUT2D eigenvalue weighted by molar-refractivity contribution is -0.123. The predicted molar refractivity (Wildman–Crippen MR) is 102 cm³/mol. The normalized spacial score (nSPS) is 16.5. The summed E-state index contributed by atoms with van der Waals surface area (Å²) in [5.41, 5.74) is 0.754. The largest absolute Gasteiger partial charge is 0.350 e. The van der Waals surface area contributed by atoms with E-state index in [9.17, 15) is 9.59 Å². The van der Waals surface area contributed by atoms with Crippen LogP contribution < -0.4 is 10.6 Å². The second kappa shape index (κ2) is 8.48. The molecule has 0 radical (unpaired) electrons. The van der Waals surface area contributed by atoms with Gasteiger partial charge in [-0.3, -0.25) is 14.5 Å². The number of nitrogens with zero attached hydrogens (tertiary/aromatic N) is 1. The quantitative estimate of drug-likeness (QED) is 0.832. The van der Waals surface area contributed by atoms with Crippen LogP contribution in [0.25, 0.3) is 0 Å².